The van der Waals surface area contributed by atoms with Crippen LogP contribution in [-0.2, 0) is 4.79 Å². The number of esters is 1. The van der Waals surface area contributed by atoms with Gasteiger partial charge in [0, 0.05) is 12.6 Å². The van der Waals surface area contributed by atoms with Crippen molar-refractivity contribution < 1.29 is 9.53 Å². The number of benzene rings is 1. The Morgan fingerprint density at radius 3 is 2.65 bits per heavy atom. The number of ether oxygens (including phenoxy) is 1. The van der Waals surface area contributed by atoms with Gasteiger partial charge in [-0.3, -0.25) is 0 Å². The van der Waals surface area contributed by atoms with Gasteiger partial charge in [0.1, 0.15) is 5.75 Å². The van der Waals surface area contributed by atoms with Crippen molar-refractivity contribution in [1.82, 2.24) is 4.90 Å². The normalized spacial score (nSPS) is 14.5. The van der Waals surface area contributed by atoms with Crippen LogP contribution in [0, 0.1) is 5.92 Å². The molecule has 0 saturated heterocycles. The molecule has 3 heteroatoms. The highest BCUT2D eigenvalue weighted by atomic mass is 16.5. The number of carbonyl (C=O) groups is 1. The molecule has 3 nitrogen and oxygen atoms in total. The van der Waals surface area contributed by atoms with E-state index in [0.717, 1.165) is 13.0 Å². The van der Waals surface area contributed by atoms with Gasteiger partial charge in [0.05, 0.1) is 0 Å². The van der Waals surface area contributed by atoms with E-state index in [1.807, 2.05) is 31.2 Å². The number of nitrogens with zero attached hydrogens (tertiary/aromatic N) is 1. The molecule has 2 atom stereocenters. The van der Waals surface area contributed by atoms with E-state index in [4.69, 9.17) is 4.74 Å². The fraction of sp³-hybridized carbons (Fsp3) is 0.450. The van der Waals surface area contributed by atoms with Gasteiger partial charge in [0.25, 0.3) is 0 Å². The lowest BCUT2D eigenvalue weighted by atomic mass is 9.85. The molecule has 23 heavy (non-hydrogen) atoms. The number of allylic oxidation sites excluding steroid dienone is 3. The average Bonchev–Trinajstić information content (AvgIpc) is 2.48. The summed E-state index contributed by atoms with van der Waals surface area (Å²) in [7, 11) is 4.19. The van der Waals surface area contributed by atoms with Crippen molar-refractivity contribution >= 4 is 5.97 Å². The van der Waals surface area contributed by atoms with Crippen LogP contribution in [0.2, 0.25) is 0 Å². The van der Waals surface area contributed by atoms with Crippen LogP contribution in [-0.4, -0.2) is 31.5 Å². The van der Waals surface area contributed by atoms with Crippen LogP contribution < -0.4 is 4.74 Å². The molecule has 1 aromatic rings. The Balaban J connectivity index is 2.83. The third-order valence-electron chi connectivity index (χ3n) is 3.82. The second-order valence-electron chi connectivity index (χ2n) is 6.13. The van der Waals surface area contributed by atoms with E-state index in [1.165, 1.54) is 11.6 Å². The lowest BCUT2D eigenvalue weighted by Crippen LogP contribution is -2.24. The van der Waals surface area contributed by atoms with Gasteiger partial charge in [0.2, 0.25) is 0 Å². The lowest BCUT2D eigenvalue weighted by molar-refractivity contribution is -0.128. The molecule has 0 aliphatic heterocycles. The molecule has 126 valence electrons. The molecule has 0 amide bonds. The van der Waals surface area contributed by atoms with Crippen molar-refractivity contribution in [3.8, 4) is 5.75 Å². The lowest BCUT2D eigenvalue weighted by Gasteiger charge is -2.26. The molecule has 1 rings (SSSR count). The number of rotatable bonds is 8. The first kappa shape index (κ1) is 19.2. The minimum atomic E-state index is -0.352. The minimum Gasteiger partial charge on any atom is -0.423 e. The van der Waals surface area contributed by atoms with E-state index in [2.05, 4.69) is 38.9 Å². The van der Waals surface area contributed by atoms with Gasteiger partial charge in [-0.15, -0.1) is 0 Å². The van der Waals surface area contributed by atoms with Gasteiger partial charge >= 0.3 is 5.97 Å². The highest BCUT2D eigenvalue weighted by molar-refractivity contribution is 5.84. The smallest absolute Gasteiger partial charge is 0.336 e. The van der Waals surface area contributed by atoms with Gasteiger partial charge in [0.15, 0.2) is 0 Å². The zero-order chi connectivity index (χ0) is 17.2. The van der Waals surface area contributed by atoms with Crippen LogP contribution in [0.3, 0.4) is 0 Å². The van der Waals surface area contributed by atoms with Crippen molar-refractivity contribution in [3.63, 3.8) is 0 Å². The summed E-state index contributed by atoms with van der Waals surface area (Å²) in [4.78, 5) is 14.0. The molecular weight excluding hydrogens is 286 g/mol. The van der Waals surface area contributed by atoms with Gasteiger partial charge in [-0.1, -0.05) is 44.2 Å². The minimum absolute atomic E-state index is 0.352. The van der Waals surface area contributed by atoms with Gasteiger partial charge in [-0.25, -0.2) is 4.79 Å². The maximum atomic E-state index is 11.8. The Morgan fingerprint density at radius 2 is 2.04 bits per heavy atom. The largest absolute Gasteiger partial charge is 0.423 e. The summed E-state index contributed by atoms with van der Waals surface area (Å²) in [5.41, 5.74) is 1.23. The van der Waals surface area contributed by atoms with Crippen LogP contribution in [0.15, 0.2) is 48.6 Å². The maximum absolute atomic E-state index is 11.8. The third kappa shape index (κ3) is 6.83. The Labute approximate surface area is 140 Å². The number of hydrogen-bond donors (Lipinski definition) is 0. The molecule has 0 aliphatic carbocycles. The molecule has 0 saturated carbocycles. The van der Waals surface area contributed by atoms with Crippen molar-refractivity contribution in [2.45, 2.75) is 33.1 Å². The summed E-state index contributed by atoms with van der Waals surface area (Å²) in [5, 5.41) is 0. The zero-order valence-corrected chi connectivity index (χ0v) is 15.0. The van der Waals surface area contributed by atoms with Gasteiger partial charge in [-0.05, 0) is 57.0 Å². The molecule has 1 unspecified atom stereocenters. The molecule has 0 radical (unpaired) electrons. The van der Waals surface area contributed by atoms with E-state index in [-0.39, 0.29) is 5.97 Å². The van der Waals surface area contributed by atoms with E-state index in [1.54, 1.807) is 12.2 Å². The zero-order valence-electron chi connectivity index (χ0n) is 15.0. The molecule has 0 bridgehead atoms. The predicted octanol–water partition coefficient (Wildman–Crippen LogP) is 4.42. The summed E-state index contributed by atoms with van der Waals surface area (Å²) in [6.45, 7) is 7.41. The topological polar surface area (TPSA) is 29.5 Å². The highest BCUT2D eigenvalue weighted by Gasteiger charge is 2.19. The highest BCUT2D eigenvalue weighted by Crippen LogP contribution is 2.30. The van der Waals surface area contributed by atoms with Crippen molar-refractivity contribution in [2.75, 3.05) is 20.6 Å². The molecule has 0 aromatic heterocycles. The Bertz CT molecular complexity index is 546. The molecule has 0 heterocycles. The molecule has 1 aromatic carbocycles. The first-order valence-corrected chi connectivity index (χ1v) is 8.23. The monoisotopic (exact) mass is 315 g/mol. The standard InChI is InChI=1S/C20H29NO2/c1-6-8-9-13-20(22)23-18-12-10-11-17(14-18)19(7-2)16(3)15-21(4)5/h6,8-14,16,19H,7,15H2,1-5H3/b8-6+,13-9+/t16-,19?/m1/s1. The van der Waals surface area contributed by atoms with Crippen LogP contribution in [0.5, 0.6) is 5.75 Å². The second-order valence-corrected chi connectivity index (χ2v) is 6.13. The first-order chi connectivity index (χ1) is 11.0. The van der Waals surface area contributed by atoms with E-state index in [0.29, 0.717) is 17.6 Å². The number of carbonyl (C=O) groups excluding carboxylic acids is 1. The number of hydrogen-bond acceptors (Lipinski definition) is 3. The molecule has 0 aliphatic rings. The van der Waals surface area contributed by atoms with Crippen LogP contribution in [0.1, 0.15) is 38.7 Å². The van der Waals surface area contributed by atoms with Crippen molar-refractivity contribution in [1.29, 1.82) is 0 Å². The second kappa shape index (κ2) is 10.0. The Hall–Kier alpha value is -1.87. The average molecular weight is 315 g/mol. The molecule has 0 fully saturated rings. The maximum Gasteiger partial charge on any atom is 0.336 e. The van der Waals surface area contributed by atoms with Gasteiger partial charge < -0.3 is 9.64 Å². The fourth-order valence-corrected chi connectivity index (χ4v) is 2.87. The summed E-state index contributed by atoms with van der Waals surface area (Å²) < 4.78 is 5.39. The fourth-order valence-electron chi connectivity index (χ4n) is 2.87. The van der Waals surface area contributed by atoms with Crippen LogP contribution >= 0.6 is 0 Å². The van der Waals surface area contributed by atoms with Crippen LogP contribution in [0.4, 0.5) is 0 Å². The van der Waals surface area contributed by atoms with E-state index < -0.39 is 0 Å². The first-order valence-electron chi connectivity index (χ1n) is 8.23. The Morgan fingerprint density at radius 1 is 1.30 bits per heavy atom. The predicted molar refractivity (Wildman–Crippen MR) is 96.8 cm³/mol. The molecule has 0 N–H and O–H groups in total. The quantitative estimate of drug-likeness (QED) is 0.308. The van der Waals surface area contributed by atoms with Crippen molar-refractivity contribution in [3.05, 3.63) is 54.1 Å². The third-order valence-corrected chi connectivity index (χ3v) is 3.82. The summed E-state index contributed by atoms with van der Waals surface area (Å²) in [6.07, 6.45) is 7.84. The Kier molecular flexibility index (Phi) is 8.35. The summed E-state index contributed by atoms with van der Waals surface area (Å²) >= 11 is 0. The summed E-state index contributed by atoms with van der Waals surface area (Å²) in [6, 6.07) is 7.89. The van der Waals surface area contributed by atoms with Crippen LogP contribution in [0.25, 0.3) is 0 Å². The molecule has 0 spiro atoms. The molecular formula is C20H29NO2. The van der Waals surface area contributed by atoms with Crippen molar-refractivity contribution in [2.24, 2.45) is 5.92 Å². The summed E-state index contributed by atoms with van der Waals surface area (Å²) in [5.74, 6) is 1.24. The van der Waals surface area contributed by atoms with E-state index >= 15 is 0 Å². The SMILES string of the molecule is C/C=C/C=C/C(=O)Oc1cccc(C(CC)[C@H](C)CN(C)C)c1. The van der Waals surface area contributed by atoms with E-state index in [9.17, 15) is 4.79 Å². The van der Waals surface area contributed by atoms with Gasteiger partial charge in [-0.2, -0.15) is 0 Å².